The van der Waals surface area contributed by atoms with Crippen LogP contribution in [0.1, 0.15) is 20.1 Å². The van der Waals surface area contributed by atoms with Crippen molar-refractivity contribution in [2.24, 2.45) is 0 Å². The third-order valence-corrected chi connectivity index (χ3v) is 5.30. The molecule has 3 rings (SSSR count). The summed E-state index contributed by atoms with van der Waals surface area (Å²) in [5.74, 6) is 2.64. The van der Waals surface area contributed by atoms with Gasteiger partial charge in [0, 0.05) is 0 Å². The average molecular weight is 428 g/mol. The Balaban J connectivity index is 1.99. The summed E-state index contributed by atoms with van der Waals surface area (Å²) in [5.41, 5.74) is 2.28. The zero-order valence-corrected chi connectivity index (χ0v) is 16.5. The van der Waals surface area contributed by atoms with Crippen LogP contribution < -0.4 is 10.0 Å². The minimum atomic E-state index is -1.18. The third kappa shape index (κ3) is 3.62. The molecule has 1 fully saturated rings. The molecule has 0 saturated carbocycles. The SMILES string of the molecule is C[Se]c1nc(NCC=C(C)C)c2ncn(C3OC(CO)C(O)C3O)c2n1. The monoisotopic (exact) mass is 429 g/mol. The van der Waals surface area contributed by atoms with Gasteiger partial charge >= 0.3 is 157 Å². The second kappa shape index (κ2) is 7.99. The Morgan fingerprint density at radius 1 is 1.35 bits per heavy atom. The molecule has 4 N–H and O–H groups in total. The maximum absolute atomic E-state index is 10.3. The van der Waals surface area contributed by atoms with Crippen molar-refractivity contribution in [3.05, 3.63) is 18.0 Å². The predicted molar refractivity (Wildman–Crippen MR) is 97.5 cm³/mol. The van der Waals surface area contributed by atoms with Gasteiger partial charge in [0.15, 0.2) is 0 Å². The van der Waals surface area contributed by atoms with Crippen molar-refractivity contribution in [3.63, 3.8) is 0 Å². The summed E-state index contributed by atoms with van der Waals surface area (Å²) in [4.78, 5) is 13.4. The predicted octanol–water partition coefficient (Wildman–Crippen LogP) is -0.806. The Labute approximate surface area is 157 Å². The molecule has 1 aliphatic rings. The molecule has 4 unspecified atom stereocenters. The van der Waals surface area contributed by atoms with Gasteiger partial charge in [-0.3, -0.25) is 0 Å². The Morgan fingerprint density at radius 2 is 2.12 bits per heavy atom. The minimum absolute atomic E-state index is 0.0680. The quantitative estimate of drug-likeness (QED) is 0.348. The number of nitrogens with one attached hydrogen (secondary N) is 1. The molecule has 142 valence electrons. The molecule has 0 spiro atoms. The summed E-state index contributed by atoms with van der Waals surface area (Å²) >= 11 is 0.0680. The molecule has 1 saturated heterocycles. The zero-order chi connectivity index (χ0) is 18.8. The van der Waals surface area contributed by atoms with Gasteiger partial charge in [0.2, 0.25) is 0 Å². The van der Waals surface area contributed by atoms with Crippen molar-refractivity contribution in [3.8, 4) is 0 Å². The second-order valence-corrected chi connectivity index (χ2v) is 7.90. The van der Waals surface area contributed by atoms with Gasteiger partial charge in [0.05, 0.1) is 0 Å². The van der Waals surface area contributed by atoms with E-state index in [4.69, 9.17) is 4.74 Å². The average Bonchev–Trinajstić information content (AvgIpc) is 3.16. The molecule has 0 aliphatic carbocycles. The van der Waals surface area contributed by atoms with Crippen LogP contribution in [0.3, 0.4) is 0 Å². The molecular weight excluding hydrogens is 405 g/mol. The van der Waals surface area contributed by atoms with E-state index in [1.54, 1.807) is 4.57 Å². The molecule has 9 nitrogen and oxygen atoms in total. The molecule has 2 aromatic rings. The van der Waals surface area contributed by atoms with Crippen molar-refractivity contribution >= 4 is 36.7 Å². The molecular formula is C16H23N5O4Se. The fourth-order valence-corrected chi connectivity index (χ4v) is 3.51. The van der Waals surface area contributed by atoms with Gasteiger partial charge in [-0.15, -0.1) is 0 Å². The Kier molecular flexibility index (Phi) is 5.91. The van der Waals surface area contributed by atoms with Gasteiger partial charge < -0.3 is 0 Å². The molecule has 3 heterocycles. The van der Waals surface area contributed by atoms with E-state index in [0.717, 1.165) is 0 Å². The number of allylic oxidation sites excluding steroid dienone is 1. The normalized spacial score (nSPS) is 25.6. The van der Waals surface area contributed by atoms with Crippen LogP contribution in [0, 0.1) is 0 Å². The number of hydrogen-bond acceptors (Lipinski definition) is 8. The summed E-state index contributed by atoms with van der Waals surface area (Å²) in [6, 6.07) is 0. The topological polar surface area (TPSA) is 126 Å². The van der Waals surface area contributed by atoms with Crippen molar-refractivity contribution < 1.29 is 20.1 Å². The van der Waals surface area contributed by atoms with Crippen LogP contribution in [0.4, 0.5) is 5.82 Å². The molecule has 4 atom stereocenters. The molecule has 0 aromatic carbocycles. The number of aliphatic hydroxyl groups excluding tert-OH is 3. The van der Waals surface area contributed by atoms with Gasteiger partial charge in [-0.05, 0) is 0 Å². The number of imidazole rings is 1. The van der Waals surface area contributed by atoms with Crippen LogP contribution in [-0.4, -0.2) is 81.3 Å². The van der Waals surface area contributed by atoms with Crippen LogP contribution in [0.5, 0.6) is 0 Å². The number of fused-ring (bicyclic) bond motifs is 1. The summed E-state index contributed by atoms with van der Waals surface area (Å²) in [6.07, 6.45) is -0.512. The van der Waals surface area contributed by atoms with E-state index in [0.29, 0.717) is 28.2 Å². The van der Waals surface area contributed by atoms with Crippen LogP contribution in [0.25, 0.3) is 11.2 Å². The van der Waals surface area contributed by atoms with E-state index in [2.05, 4.69) is 20.3 Å². The van der Waals surface area contributed by atoms with Crippen LogP contribution in [0.15, 0.2) is 18.0 Å². The van der Waals surface area contributed by atoms with Crippen molar-refractivity contribution in [2.45, 2.75) is 44.2 Å². The van der Waals surface area contributed by atoms with Crippen molar-refractivity contribution in [1.82, 2.24) is 19.5 Å². The van der Waals surface area contributed by atoms with Gasteiger partial charge in [-0.2, -0.15) is 0 Å². The van der Waals surface area contributed by atoms with E-state index in [-0.39, 0.29) is 21.6 Å². The molecule has 0 bridgehead atoms. The third-order valence-electron chi connectivity index (χ3n) is 4.15. The van der Waals surface area contributed by atoms with Crippen LogP contribution >= 0.6 is 0 Å². The molecule has 26 heavy (non-hydrogen) atoms. The molecule has 0 radical (unpaired) electrons. The first-order valence-corrected chi connectivity index (χ1v) is 10.8. The van der Waals surface area contributed by atoms with Gasteiger partial charge in [0.25, 0.3) is 0 Å². The van der Waals surface area contributed by atoms with Crippen molar-refractivity contribution in [1.29, 1.82) is 0 Å². The Morgan fingerprint density at radius 3 is 2.73 bits per heavy atom. The molecule has 10 heteroatoms. The Bertz CT molecular complexity index is 807. The summed E-state index contributed by atoms with van der Waals surface area (Å²) in [6.45, 7) is 4.28. The zero-order valence-electron chi connectivity index (χ0n) is 14.8. The number of rotatable bonds is 6. The van der Waals surface area contributed by atoms with E-state index in [1.807, 2.05) is 25.7 Å². The summed E-state index contributed by atoms with van der Waals surface area (Å²) < 4.78 is 7.88. The van der Waals surface area contributed by atoms with Crippen LogP contribution in [0.2, 0.25) is 5.82 Å². The number of ether oxygens (including phenoxy) is 1. The number of aromatic nitrogens is 4. The molecule has 0 amide bonds. The Hall–Kier alpha value is -1.55. The molecule has 2 aromatic heterocycles. The van der Waals surface area contributed by atoms with Crippen molar-refractivity contribution in [2.75, 3.05) is 18.5 Å². The van der Waals surface area contributed by atoms with E-state index >= 15 is 0 Å². The molecule has 1 aliphatic heterocycles. The first-order valence-electron chi connectivity index (χ1n) is 8.24. The summed E-state index contributed by atoms with van der Waals surface area (Å²) in [7, 11) is 0. The number of hydrogen-bond donors (Lipinski definition) is 4. The van der Waals surface area contributed by atoms with Gasteiger partial charge in [0.1, 0.15) is 0 Å². The number of nitrogens with zero attached hydrogens (tertiary/aromatic N) is 4. The summed E-state index contributed by atoms with van der Waals surface area (Å²) in [5, 5.41) is 32.8. The first-order chi connectivity index (χ1) is 12.5. The van der Waals surface area contributed by atoms with E-state index < -0.39 is 24.5 Å². The van der Waals surface area contributed by atoms with Gasteiger partial charge in [-0.1, -0.05) is 0 Å². The maximum atomic E-state index is 10.3. The fraction of sp³-hybridized carbons (Fsp3) is 0.562. The second-order valence-electron chi connectivity index (χ2n) is 6.27. The number of aliphatic hydroxyl groups is 3. The standard InChI is InChI=1S/C16H23N5O4Se/c1-8(2)4-5-17-13-10-14(20-16(19-13)26-3)21(7-18-10)15-12(24)11(23)9(6-22)25-15/h4,7,9,11-12,15,22-24H,5-6H2,1-3H3,(H,17,19,20). The van der Waals surface area contributed by atoms with Gasteiger partial charge in [-0.25, -0.2) is 0 Å². The van der Waals surface area contributed by atoms with E-state index in [9.17, 15) is 15.3 Å². The first kappa shape index (κ1) is 19.2. The van der Waals surface area contributed by atoms with E-state index in [1.165, 1.54) is 11.9 Å². The fourth-order valence-electron chi connectivity index (χ4n) is 2.76. The van der Waals surface area contributed by atoms with Crippen LogP contribution in [-0.2, 0) is 4.74 Å². The number of anilines is 1.